The lowest BCUT2D eigenvalue weighted by atomic mass is 10.1. The standard InChI is InChI=1S/C21H23ClN2O5S/c1-29-13-14-30(27,28)19-7-5-16(6-8-19)20(25)23-9-11-24(12-10-23)21(26)17-3-2-4-18(22)15-17/h2-8,15H,9-14H2,1H3. The van der Waals surface area contributed by atoms with Crippen LogP contribution >= 0.6 is 11.6 Å². The number of hydrogen-bond acceptors (Lipinski definition) is 5. The molecule has 7 nitrogen and oxygen atoms in total. The van der Waals surface area contributed by atoms with Crippen molar-refractivity contribution in [1.29, 1.82) is 0 Å². The van der Waals surface area contributed by atoms with E-state index in [-0.39, 0.29) is 29.1 Å². The van der Waals surface area contributed by atoms with Gasteiger partial charge in [-0.1, -0.05) is 17.7 Å². The zero-order valence-corrected chi connectivity index (χ0v) is 18.2. The smallest absolute Gasteiger partial charge is 0.254 e. The molecule has 2 aromatic rings. The molecular formula is C21H23ClN2O5S. The van der Waals surface area contributed by atoms with Gasteiger partial charge in [-0.05, 0) is 42.5 Å². The molecule has 3 rings (SSSR count). The number of methoxy groups -OCH3 is 1. The fourth-order valence-electron chi connectivity index (χ4n) is 3.22. The summed E-state index contributed by atoms with van der Waals surface area (Å²) in [5.41, 5.74) is 0.933. The van der Waals surface area contributed by atoms with Gasteiger partial charge < -0.3 is 14.5 Å². The Bertz CT molecular complexity index is 1020. The van der Waals surface area contributed by atoms with Crippen molar-refractivity contribution >= 4 is 33.3 Å². The lowest BCUT2D eigenvalue weighted by Crippen LogP contribution is -2.50. The third-order valence-electron chi connectivity index (χ3n) is 4.94. The summed E-state index contributed by atoms with van der Waals surface area (Å²) in [5.74, 6) is -0.416. The summed E-state index contributed by atoms with van der Waals surface area (Å²) >= 11 is 5.96. The Labute approximate surface area is 181 Å². The third kappa shape index (κ3) is 5.19. The molecule has 2 amide bonds. The van der Waals surface area contributed by atoms with Crippen LogP contribution in [-0.2, 0) is 14.6 Å². The molecule has 0 radical (unpaired) electrons. The first-order chi connectivity index (χ1) is 14.3. The predicted octanol–water partition coefficient (Wildman–Crippen LogP) is 2.36. The van der Waals surface area contributed by atoms with Gasteiger partial charge in [-0.3, -0.25) is 9.59 Å². The SMILES string of the molecule is COCCS(=O)(=O)c1ccc(C(=O)N2CCN(C(=O)c3cccc(Cl)c3)CC2)cc1. The molecule has 1 heterocycles. The molecule has 0 saturated carbocycles. The Hall–Kier alpha value is -2.42. The maximum absolute atomic E-state index is 12.8. The first-order valence-electron chi connectivity index (χ1n) is 9.48. The van der Waals surface area contributed by atoms with Crippen LogP contribution in [0, 0.1) is 0 Å². The molecule has 9 heteroatoms. The highest BCUT2D eigenvalue weighted by Crippen LogP contribution is 2.17. The maximum atomic E-state index is 12.8. The van der Waals surface area contributed by atoms with Gasteiger partial charge in [0, 0.05) is 49.4 Å². The normalized spacial score (nSPS) is 14.6. The lowest BCUT2D eigenvalue weighted by molar-refractivity contribution is 0.0535. The zero-order valence-electron chi connectivity index (χ0n) is 16.6. The van der Waals surface area contributed by atoms with E-state index in [1.54, 1.807) is 34.1 Å². The Morgan fingerprint density at radius 2 is 1.50 bits per heavy atom. The number of ether oxygens (including phenoxy) is 1. The number of sulfone groups is 1. The van der Waals surface area contributed by atoms with Gasteiger partial charge in [-0.25, -0.2) is 8.42 Å². The number of benzene rings is 2. The van der Waals surface area contributed by atoms with Crippen LogP contribution in [0.5, 0.6) is 0 Å². The number of hydrogen-bond donors (Lipinski definition) is 0. The van der Waals surface area contributed by atoms with Crippen LogP contribution in [-0.4, -0.2) is 75.7 Å². The van der Waals surface area contributed by atoms with E-state index in [4.69, 9.17) is 16.3 Å². The second kappa shape index (κ2) is 9.59. The molecule has 0 aliphatic carbocycles. The van der Waals surface area contributed by atoms with Crippen LogP contribution in [0.2, 0.25) is 5.02 Å². The maximum Gasteiger partial charge on any atom is 0.254 e. The molecule has 0 spiro atoms. The minimum Gasteiger partial charge on any atom is -0.384 e. The van der Waals surface area contributed by atoms with Gasteiger partial charge in [0.2, 0.25) is 0 Å². The molecule has 0 N–H and O–H groups in total. The molecule has 160 valence electrons. The average molecular weight is 451 g/mol. The van der Waals surface area contributed by atoms with E-state index in [2.05, 4.69) is 0 Å². The molecule has 30 heavy (non-hydrogen) atoms. The van der Waals surface area contributed by atoms with E-state index in [1.165, 1.54) is 31.4 Å². The van der Waals surface area contributed by atoms with Gasteiger partial charge in [0.1, 0.15) is 0 Å². The van der Waals surface area contributed by atoms with Crippen molar-refractivity contribution in [2.75, 3.05) is 45.6 Å². The van der Waals surface area contributed by atoms with Gasteiger partial charge in [-0.15, -0.1) is 0 Å². The van der Waals surface area contributed by atoms with Gasteiger partial charge in [0.25, 0.3) is 11.8 Å². The number of carbonyl (C=O) groups is 2. The Morgan fingerprint density at radius 3 is 2.03 bits per heavy atom. The first kappa shape index (κ1) is 22.3. The van der Waals surface area contributed by atoms with Crippen molar-refractivity contribution in [1.82, 2.24) is 9.80 Å². The van der Waals surface area contributed by atoms with Crippen molar-refractivity contribution in [2.24, 2.45) is 0 Å². The quantitative estimate of drug-likeness (QED) is 0.674. The predicted molar refractivity (Wildman–Crippen MR) is 114 cm³/mol. The van der Waals surface area contributed by atoms with Crippen LogP contribution in [0.1, 0.15) is 20.7 Å². The van der Waals surface area contributed by atoms with Crippen LogP contribution in [0.3, 0.4) is 0 Å². The zero-order chi connectivity index (χ0) is 21.7. The highest BCUT2D eigenvalue weighted by Gasteiger charge is 2.26. The largest absolute Gasteiger partial charge is 0.384 e. The highest BCUT2D eigenvalue weighted by molar-refractivity contribution is 7.91. The second-order valence-electron chi connectivity index (χ2n) is 6.93. The van der Waals surface area contributed by atoms with E-state index in [0.29, 0.717) is 42.3 Å². The first-order valence-corrected chi connectivity index (χ1v) is 11.5. The summed E-state index contributed by atoms with van der Waals surface area (Å²) in [4.78, 5) is 28.9. The van der Waals surface area contributed by atoms with E-state index in [1.807, 2.05) is 0 Å². The summed E-state index contributed by atoms with van der Waals surface area (Å²) in [6.07, 6.45) is 0. The van der Waals surface area contributed by atoms with E-state index >= 15 is 0 Å². The minimum atomic E-state index is -3.44. The summed E-state index contributed by atoms with van der Waals surface area (Å²) in [6, 6.07) is 12.7. The highest BCUT2D eigenvalue weighted by atomic mass is 35.5. The van der Waals surface area contributed by atoms with Crippen molar-refractivity contribution in [3.63, 3.8) is 0 Å². The fraction of sp³-hybridized carbons (Fsp3) is 0.333. The number of nitrogens with zero attached hydrogens (tertiary/aromatic N) is 2. The van der Waals surface area contributed by atoms with Gasteiger partial charge in [-0.2, -0.15) is 0 Å². The monoisotopic (exact) mass is 450 g/mol. The summed E-state index contributed by atoms with van der Waals surface area (Å²) in [7, 11) is -2.00. The molecule has 0 aromatic heterocycles. The van der Waals surface area contributed by atoms with Crippen molar-refractivity contribution in [2.45, 2.75) is 4.90 Å². The van der Waals surface area contributed by atoms with Crippen molar-refractivity contribution < 1.29 is 22.7 Å². The van der Waals surface area contributed by atoms with Gasteiger partial charge in [0.15, 0.2) is 9.84 Å². The molecule has 1 aliphatic rings. The summed E-state index contributed by atoms with van der Waals surface area (Å²) in [6.45, 7) is 1.75. The number of rotatable bonds is 6. The summed E-state index contributed by atoms with van der Waals surface area (Å²) in [5, 5.41) is 0.502. The summed E-state index contributed by atoms with van der Waals surface area (Å²) < 4.78 is 29.2. The lowest BCUT2D eigenvalue weighted by Gasteiger charge is -2.35. The molecule has 0 unspecified atom stereocenters. The molecule has 0 bridgehead atoms. The van der Waals surface area contributed by atoms with E-state index in [9.17, 15) is 18.0 Å². The topological polar surface area (TPSA) is 84.0 Å². The Morgan fingerprint density at radius 1 is 0.933 bits per heavy atom. The molecule has 1 fully saturated rings. The molecule has 1 aliphatic heterocycles. The molecule has 2 aromatic carbocycles. The van der Waals surface area contributed by atoms with Crippen LogP contribution in [0.4, 0.5) is 0 Å². The molecule has 1 saturated heterocycles. The molecule has 0 atom stereocenters. The average Bonchev–Trinajstić information content (AvgIpc) is 2.77. The number of halogens is 1. The van der Waals surface area contributed by atoms with Crippen LogP contribution < -0.4 is 0 Å². The van der Waals surface area contributed by atoms with Crippen LogP contribution in [0.15, 0.2) is 53.4 Å². The van der Waals surface area contributed by atoms with E-state index < -0.39 is 9.84 Å². The Balaban J connectivity index is 1.60. The minimum absolute atomic E-state index is 0.112. The molecular weight excluding hydrogens is 428 g/mol. The number of carbonyl (C=O) groups excluding carboxylic acids is 2. The number of piperazine rings is 1. The van der Waals surface area contributed by atoms with Gasteiger partial charge >= 0.3 is 0 Å². The Kier molecular flexibility index (Phi) is 7.12. The van der Waals surface area contributed by atoms with Crippen LogP contribution in [0.25, 0.3) is 0 Å². The third-order valence-corrected chi connectivity index (χ3v) is 6.87. The fourth-order valence-corrected chi connectivity index (χ4v) is 4.58. The van der Waals surface area contributed by atoms with E-state index in [0.717, 1.165) is 0 Å². The number of amides is 2. The van der Waals surface area contributed by atoms with Crippen molar-refractivity contribution in [3.8, 4) is 0 Å². The van der Waals surface area contributed by atoms with Crippen molar-refractivity contribution in [3.05, 3.63) is 64.7 Å². The second-order valence-corrected chi connectivity index (χ2v) is 9.48. The van der Waals surface area contributed by atoms with Gasteiger partial charge in [0.05, 0.1) is 17.3 Å².